The molecule has 2 rings (SSSR count). The van der Waals surface area contributed by atoms with E-state index >= 15 is 0 Å². The first-order valence-corrected chi connectivity index (χ1v) is 4.90. The monoisotopic (exact) mass is 197 g/mol. The second-order valence-electron chi connectivity index (χ2n) is 4.14. The second kappa shape index (κ2) is 3.33. The average molecular weight is 197 g/mol. The Morgan fingerprint density at radius 1 is 1.43 bits per heavy atom. The van der Waals surface area contributed by atoms with Crippen molar-refractivity contribution < 1.29 is 9.59 Å². The highest BCUT2D eigenvalue weighted by Crippen LogP contribution is 2.20. The van der Waals surface area contributed by atoms with Gasteiger partial charge in [-0.05, 0) is 12.8 Å². The van der Waals surface area contributed by atoms with Gasteiger partial charge in [0.2, 0.25) is 11.8 Å². The summed E-state index contributed by atoms with van der Waals surface area (Å²) in [5, 5.41) is 3.16. The zero-order valence-corrected chi connectivity index (χ0v) is 8.19. The Labute approximate surface area is 82.6 Å². The number of imide groups is 1. The summed E-state index contributed by atoms with van der Waals surface area (Å²) in [6.07, 6.45) is 2.10. The minimum atomic E-state index is -0.315. The Morgan fingerprint density at radius 2 is 2.07 bits per heavy atom. The number of nitrogens with zero attached hydrogens (tertiary/aromatic N) is 1. The van der Waals surface area contributed by atoms with E-state index in [0.29, 0.717) is 12.5 Å². The van der Waals surface area contributed by atoms with Gasteiger partial charge in [0.1, 0.15) is 0 Å². The average Bonchev–Trinajstić information content (AvgIpc) is 2.31. The van der Waals surface area contributed by atoms with E-state index in [4.69, 9.17) is 5.73 Å². The van der Waals surface area contributed by atoms with E-state index in [1.165, 1.54) is 11.9 Å². The van der Waals surface area contributed by atoms with Crippen LogP contribution in [-0.2, 0) is 9.59 Å². The maximum atomic E-state index is 11.5. The van der Waals surface area contributed by atoms with Crippen molar-refractivity contribution in [1.29, 1.82) is 0 Å². The van der Waals surface area contributed by atoms with Crippen LogP contribution in [0.5, 0.6) is 0 Å². The molecule has 1 aliphatic heterocycles. The summed E-state index contributed by atoms with van der Waals surface area (Å²) < 4.78 is 0. The molecule has 0 bridgehead atoms. The molecule has 2 aliphatic rings. The topological polar surface area (TPSA) is 75.4 Å². The lowest BCUT2D eigenvalue weighted by atomic mass is 9.87. The normalized spacial score (nSPS) is 37.6. The molecule has 1 saturated heterocycles. The molecular formula is C9H15N3O2. The number of rotatable bonds is 2. The third-order valence-corrected chi connectivity index (χ3v) is 2.99. The van der Waals surface area contributed by atoms with E-state index in [1.807, 2.05) is 0 Å². The summed E-state index contributed by atoms with van der Waals surface area (Å²) in [6, 6.07) is 0.265. The molecule has 0 aromatic rings. The van der Waals surface area contributed by atoms with Gasteiger partial charge in [0, 0.05) is 19.1 Å². The first-order chi connectivity index (χ1) is 6.58. The number of likely N-dealkylation sites (tertiary alicyclic amines) is 1. The Balaban J connectivity index is 1.87. The van der Waals surface area contributed by atoms with Crippen LogP contribution in [0.4, 0.5) is 0 Å². The van der Waals surface area contributed by atoms with Crippen LogP contribution in [-0.4, -0.2) is 41.9 Å². The van der Waals surface area contributed by atoms with Gasteiger partial charge in [-0.15, -0.1) is 0 Å². The number of carbonyl (C=O) groups is 2. The SMILES string of the molecule is CN1C(=O)CC(NC2CC(N)C2)C1=O. The summed E-state index contributed by atoms with van der Waals surface area (Å²) in [5.74, 6) is -0.216. The molecule has 2 amide bonds. The summed E-state index contributed by atoms with van der Waals surface area (Å²) in [7, 11) is 1.53. The molecule has 1 atom stereocenters. The lowest BCUT2D eigenvalue weighted by Gasteiger charge is -2.34. The molecule has 0 spiro atoms. The van der Waals surface area contributed by atoms with Crippen LogP contribution in [0.25, 0.3) is 0 Å². The molecule has 0 radical (unpaired) electrons. The van der Waals surface area contributed by atoms with Gasteiger partial charge in [0.25, 0.3) is 0 Å². The minimum absolute atomic E-state index is 0.101. The highest BCUT2D eigenvalue weighted by molar-refractivity contribution is 6.05. The molecule has 5 nitrogen and oxygen atoms in total. The smallest absolute Gasteiger partial charge is 0.246 e. The lowest BCUT2D eigenvalue weighted by molar-refractivity contribution is -0.137. The standard InChI is InChI=1S/C9H15N3O2/c1-12-8(13)4-7(9(12)14)11-6-2-5(10)3-6/h5-7,11H,2-4,10H2,1H3. The van der Waals surface area contributed by atoms with E-state index in [2.05, 4.69) is 5.32 Å². The third-order valence-electron chi connectivity index (χ3n) is 2.99. The van der Waals surface area contributed by atoms with Crippen LogP contribution < -0.4 is 11.1 Å². The summed E-state index contributed by atoms with van der Waals surface area (Å²) >= 11 is 0. The molecular weight excluding hydrogens is 182 g/mol. The van der Waals surface area contributed by atoms with E-state index in [0.717, 1.165) is 12.8 Å². The molecule has 1 saturated carbocycles. The van der Waals surface area contributed by atoms with Crippen LogP contribution >= 0.6 is 0 Å². The molecule has 0 aromatic heterocycles. The summed E-state index contributed by atoms with van der Waals surface area (Å²) in [6.45, 7) is 0. The van der Waals surface area contributed by atoms with Crippen molar-refractivity contribution >= 4 is 11.8 Å². The van der Waals surface area contributed by atoms with Crippen molar-refractivity contribution in [2.75, 3.05) is 7.05 Å². The van der Waals surface area contributed by atoms with Crippen LogP contribution in [0.3, 0.4) is 0 Å². The van der Waals surface area contributed by atoms with Gasteiger partial charge in [-0.25, -0.2) is 0 Å². The Kier molecular flexibility index (Phi) is 2.28. The van der Waals surface area contributed by atoms with Gasteiger partial charge >= 0.3 is 0 Å². The number of carbonyl (C=O) groups excluding carboxylic acids is 2. The van der Waals surface area contributed by atoms with Crippen molar-refractivity contribution in [3.63, 3.8) is 0 Å². The number of nitrogens with two attached hydrogens (primary N) is 1. The highest BCUT2D eigenvalue weighted by Gasteiger charge is 2.39. The van der Waals surface area contributed by atoms with Gasteiger partial charge in [0.15, 0.2) is 0 Å². The molecule has 2 fully saturated rings. The quantitative estimate of drug-likeness (QED) is 0.547. The van der Waals surface area contributed by atoms with Crippen LogP contribution in [0.1, 0.15) is 19.3 Å². The number of amides is 2. The summed E-state index contributed by atoms with van der Waals surface area (Å²) in [5.41, 5.74) is 5.63. The molecule has 3 N–H and O–H groups in total. The molecule has 78 valence electrons. The zero-order chi connectivity index (χ0) is 10.3. The fraction of sp³-hybridized carbons (Fsp3) is 0.778. The molecule has 1 aliphatic carbocycles. The predicted octanol–water partition coefficient (Wildman–Crippen LogP) is -1.18. The van der Waals surface area contributed by atoms with Crippen LogP contribution in [0, 0.1) is 0 Å². The summed E-state index contributed by atoms with van der Waals surface area (Å²) in [4.78, 5) is 23.9. The van der Waals surface area contributed by atoms with Gasteiger partial charge in [0.05, 0.1) is 12.5 Å². The van der Waals surface area contributed by atoms with Gasteiger partial charge < -0.3 is 11.1 Å². The maximum Gasteiger partial charge on any atom is 0.246 e. The van der Waals surface area contributed by atoms with E-state index < -0.39 is 0 Å². The fourth-order valence-electron chi connectivity index (χ4n) is 1.97. The Morgan fingerprint density at radius 3 is 2.50 bits per heavy atom. The van der Waals surface area contributed by atoms with E-state index in [1.54, 1.807) is 0 Å². The zero-order valence-electron chi connectivity index (χ0n) is 8.19. The molecule has 14 heavy (non-hydrogen) atoms. The molecule has 5 heteroatoms. The Hall–Kier alpha value is -0.940. The van der Waals surface area contributed by atoms with Crippen LogP contribution in [0.2, 0.25) is 0 Å². The first-order valence-electron chi connectivity index (χ1n) is 4.90. The van der Waals surface area contributed by atoms with Crippen molar-refractivity contribution in [3.8, 4) is 0 Å². The number of hydrogen-bond acceptors (Lipinski definition) is 4. The number of likely N-dealkylation sites (N-methyl/N-ethyl adjacent to an activating group) is 1. The first kappa shape index (κ1) is 9.61. The van der Waals surface area contributed by atoms with Crippen molar-refractivity contribution in [2.24, 2.45) is 5.73 Å². The maximum absolute atomic E-state index is 11.5. The van der Waals surface area contributed by atoms with E-state index in [9.17, 15) is 9.59 Å². The number of hydrogen-bond donors (Lipinski definition) is 2. The fourth-order valence-corrected chi connectivity index (χ4v) is 1.97. The Bertz CT molecular complexity index is 273. The molecule has 1 heterocycles. The number of nitrogens with one attached hydrogen (secondary N) is 1. The van der Waals surface area contributed by atoms with Gasteiger partial charge in [-0.3, -0.25) is 14.5 Å². The van der Waals surface area contributed by atoms with Crippen molar-refractivity contribution in [1.82, 2.24) is 10.2 Å². The largest absolute Gasteiger partial charge is 0.328 e. The van der Waals surface area contributed by atoms with Crippen molar-refractivity contribution in [2.45, 2.75) is 37.4 Å². The van der Waals surface area contributed by atoms with E-state index in [-0.39, 0.29) is 23.9 Å². The molecule has 1 unspecified atom stereocenters. The van der Waals surface area contributed by atoms with Gasteiger partial charge in [-0.1, -0.05) is 0 Å². The highest BCUT2D eigenvalue weighted by atomic mass is 16.2. The van der Waals surface area contributed by atoms with Crippen LogP contribution in [0.15, 0.2) is 0 Å². The minimum Gasteiger partial charge on any atom is -0.328 e. The second-order valence-corrected chi connectivity index (χ2v) is 4.14. The molecule has 0 aromatic carbocycles. The van der Waals surface area contributed by atoms with Crippen molar-refractivity contribution in [3.05, 3.63) is 0 Å². The van der Waals surface area contributed by atoms with Gasteiger partial charge in [-0.2, -0.15) is 0 Å². The third kappa shape index (κ3) is 1.53. The lowest BCUT2D eigenvalue weighted by Crippen LogP contribution is -2.53. The predicted molar refractivity (Wildman–Crippen MR) is 50.3 cm³/mol.